The first-order valence-corrected chi connectivity index (χ1v) is 12.1. The van der Waals surface area contributed by atoms with Gasteiger partial charge in [-0.05, 0) is 76.9 Å². The number of rotatable bonds is 11. The third kappa shape index (κ3) is 5.23. The summed E-state index contributed by atoms with van der Waals surface area (Å²) in [7, 11) is 0. The fourth-order valence-electron chi connectivity index (χ4n) is 4.59. The summed E-state index contributed by atoms with van der Waals surface area (Å²) in [4.78, 5) is 11.3. The first-order chi connectivity index (χ1) is 16.6. The number of ether oxygens (including phenoxy) is 2. The van der Waals surface area contributed by atoms with Crippen molar-refractivity contribution in [2.24, 2.45) is 0 Å². The van der Waals surface area contributed by atoms with Gasteiger partial charge in [-0.3, -0.25) is 0 Å². The van der Waals surface area contributed by atoms with Crippen LogP contribution in [0.3, 0.4) is 0 Å². The van der Waals surface area contributed by atoms with Gasteiger partial charge in [0.05, 0.1) is 0 Å². The number of hydrogen-bond acceptors (Lipinski definition) is 3. The molecule has 0 radical (unpaired) electrons. The molecule has 1 aliphatic carbocycles. The molecule has 0 aromatic heterocycles. The second kappa shape index (κ2) is 11.2. The number of fused-ring (bicyclic) bond motifs is 3. The van der Waals surface area contributed by atoms with E-state index in [0.717, 1.165) is 17.7 Å². The van der Waals surface area contributed by atoms with Crippen molar-refractivity contribution < 1.29 is 19.4 Å². The largest absolute Gasteiger partial charge is 0.490 e. The smallest absolute Gasteiger partial charge is 0.333 e. The van der Waals surface area contributed by atoms with Gasteiger partial charge in [-0.1, -0.05) is 67.9 Å². The van der Waals surface area contributed by atoms with Crippen LogP contribution in [0.2, 0.25) is 0 Å². The Hall–Kier alpha value is -3.37. The Bertz CT molecular complexity index is 1160. The Morgan fingerprint density at radius 1 is 0.941 bits per heavy atom. The molecule has 1 aliphatic rings. The SMILES string of the molecule is CCCCc1cccc2c1-c1ccccc1/C2=C\COc1ccc(CC(OCC)C(=O)O)cc1. The molecule has 0 aliphatic heterocycles. The molecular weight excluding hydrogens is 424 g/mol. The van der Waals surface area contributed by atoms with Crippen LogP contribution >= 0.6 is 0 Å². The monoisotopic (exact) mass is 456 g/mol. The van der Waals surface area contributed by atoms with Gasteiger partial charge in [0.1, 0.15) is 12.4 Å². The zero-order valence-corrected chi connectivity index (χ0v) is 19.9. The van der Waals surface area contributed by atoms with E-state index < -0.39 is 12.1 Å². The summed E-state index contributed by atoms with van der Waals surface area (Å²) >= 11 is 0. The highest BCUT2D eigenvalue weighted by molar-refractivity contribution is 6.02. The van der Waals surface area contributed by atoms with Crippen LogP contribution in [0.5, 0.6) is 5.75 Å². The van der Waals surface area contributed by atoms with E-state index in [1.807, 2.05) is 24.3 Å². The molecule has 4 heteroatoms. The van der Waals surface area contributed by atoms with E-state index in [4.69, 9.17) is 9.47 Å². The fraction of sp³-hybridized carbons (Fsp3) is 0.300. The highest BCUT2D eigenvalue weighted by Crippen LogP contribution is 2.46. The van der Waals surface area contributed by atoms with Gasteiger partial charge in [0, 0.05) is 13.0 Å². The molecule has 0 spiro atoms. The normalized spacial score (nSPS) is 14.0. The maximum absolute atomic E-state index is 11.3. The standard InChI is InChI=1S/C30H32O4/c1-3-5-9-22-10-8-13-27-25(24-11-6-7-12-26(24)29(22)27)18-19-34-23-16-14-21(15-17-23)20-28(30(31)32)33-4-2/h6-8,10-18,28H,3-5,9,19-20H2,1-2H3,(H,31,32)/b25-18+. The summed E-state index contributed by atoms with van der Waals surface area (Å²) in [6.45, 7) is 4.86. The topological polar surface area (TPSA) is 55.8 Å². The number of aliphatic carboxylic acids is 1. The first kappa shape index (κ1) is 23.8. The minimum Gasteiger partial charge on any atom is -0.490 e. The number of aryl methyl sites for hydroxylation is 1. The van der Waals surface area contributed by atoms with Crippen LogP contribution in [0.1, 0.15) is 48.9 Å². The van der Waals surface area contributed by atoms with Gasteiger partial charge in [0.15, 0.2) is 6.10 Å². The third-order valence-corrected chi connectivity index (χ3v) is 6.25. The Kier molecular flexibility index (Phi) is 7.81. The van der Waals surface area contributed by atoms with Gasteiger partial charge in [-0.2, -0.15) is 0 Å². The molecule has 0 saturated heterocycles. The molecule has 1 unspecified atom stereocenters. The number of benzene rings is 3. The lowest BCUT2D eigenvalue weighted by Crippen LogP contribution is -2.26. The van der Waals surface area contributed by atoms with E-state index in [-0.39, 0.29) is 0 Å². The van der Waals surface area contributed by atoms with Crippen LogP contribution in [0.25, 0.3) is 16.7 Å². The Morgan fingerprint density at radius 3 is 2.38 bits per heavy atom. The second-order valence-corrected chi connectivity index (χ2v) is 8.55. The maximum atomic E-state index is 11.3. The van der Waals surface area contributed by atoms with Gasteiger partial charge < -0.3 is 14.6 Å². The first-order valence-electron chi connectivity index (χ1n) is 12.1. The van der Waals surface area contributed by atoms with E-state index in [1.165, 1.54) is 46.2 Å². The van der Waals surface area contributed by atoms with Crippen LogP contribution in [0, 0.1) is 0 Å². The van der Waals surface area contributed by atoms with Crippen molar-refractivity contribution in [1.82, 2.24) is 0 Å². The summed E-state index contributed by atoms with van der Waals surface area (Å²) in [5.74, 6) is -0.184. The van der Waals surface area contributed by atoms with Crippen molar-refractivity contribution in [3.63, 3.8) is 0 Å². The van der Waals surface area contributed by atoms with Crippen molar-refractivity contribution >= 4 is 11.5 Å². The number of carbonyl (C=O) groups is 1. The minimum absolute atomic E-state index is 0.335. The number of hydrogen-bond donors (Lipinski definition) is 1. The summed E-state index contributed by atoms with van der Waals surface area (Å²) in [6.07, 6.45) is 5.14. The minimum atomic E-state index is -0.941. The number of carboxylic acid groups (broad SMARTS) is 1. The molecular formula is C30H32O4. The Balaban J connectivity index is 1.49. The molecule has 34 heavy (non-hydrogen) atoms. The predicted octanol–water partition coefficient (Wildman–Crippen LogP) is 6.55. The van der Waals surface area contributed by atoms with Crippen LogP contribution in [-0.4, -0.2) is 30.4 Å². The van der Waals surface area contributed by atoms with E-state index in [1.54, 1.807) is 6.92 Å². The molecule has 0 heterocycles. The summed E-state index contributed by atoms with van der Waals surface area (Å²) in [5.41, 5.74) is 8.76. The van der Waals surface area contributed by atoms with E-state index in [2.05, 4.69) is 55.5 Å². The summed E-state index contributed by atoms with van der Waals surface area (Å²) in [6, 6.07) is 22.8. The lowest BCUT2D eigenvalue weighted by atomic mass is 9.95. The Morgan fingerprint density at radius 2 is 1.68 bits per heavy atom. The van der Waals surface area contributed by atoms with Gasteiger partial charge in [-0.15, -0.1) is 0 Å². The van der Waals surface area contributed by atoms with E-state index in [9.17, 15) is 9.90 Å². The lowest BCUT2D eigenvalue weighted by Gasteiger charge is -2.12. The van der Waals surface area contributed by atoms with Crippen molar-refractivity contribution in [3.8, 4) is 16.9 Å². The Labute approximate surface area is 201 Å². The average molecular weight is 457 g/mol. The highest BCUT2D eigenvalue weighted by atomic mass is 16.5. The molecule has 1 atom stereocenters. The van der Waals surface area contributed by atoms with Crippen molar-refractivity contribution in [1.29, 1.82) is 0 Å². The van der Waals surface area contributed by atoms with Crippen LogP contribution in [0.15, 0.2) is 72.8 Å². The predicted molar refractivity (Wildman–Crippen MR) is 136 cm³/mol. The molecule has 0 saturated carbocycles. The van der Waals surface area contributed by atoms with Crippen molar-refractivity contribution in [2.75, 3.05) is 13.2 Å². The molecule has 176 valence electrons. The molecule has 0 bridgehead atoms. The molecule has 0 fully saturated rings. The second-order valence-electron chi connectivity index (χ2n) is 8.55. The van der Waals surface area contributed by atoms with Gasteiger partial charge in [0.2, 0.25) is 0 Å². The quantitative estimate of drug-likeness (QED) is 0.278. The van der Waals surface area contributed by atoms with Crippen LogP contribution < -0.4 is 4.74 Å². The van der Waals surface area contributed by atoms with Crippen molar-refractivity contribution in [2.45, 2.75) is 45.6 Å². The molecule has 3 aromatic rings. The number of unbranched alkanes of at least 4 members (excludes halogenated alkanes) is 1. The summed E-state index contributed by atoms with van der Waals surface area (Å²) < 4.78 is 11.3. The van der Waals surface area contributed by atoms with Crippen LogP contribution in [-0.2, 0) is 22.4 Å². The molecule has 3 aromatic carbocycles. The van der Waals surface area contributed by atoms with Crippen LogP contribution in [0.4, 0.5) is 0 Å². The van der Waals surface area contributed by atoms with E-state index >= 15 is 0 Å². The zero-order chi connectivity index (χ0) is 23.9. The zero-order valence-electron chi connectivity index (χ0n) is 19.9. The molecule has 0 amide bonds. The van der Waals surface area contributed by atoms with Gasteiger partial charge in [0.25, 0.3) is 0 Å². The average Bonchev–Trinajstić information content (AvgIpc) is 3.18. The van der Waals surface area contributed by atoms with Crippen molar-refractivity contribution in [3.05, 3.63) is 95.1 Å². The van der Waals surface area contributed by atoms with E-state index in [0.29, 0.717) is 19.6 Å². The molecule has 4 rings (SSSR count). The molecule has 4 nitrogen and oxygen atoms in total. The third-order valence-electron chi connectivity index (χ3n) is 6.25. The highest BCUT2D eigenvalue weighted by Gasteiger charge is 2.25. The lowest BCUT2D eigenvalue weighted by molar-refractivity contribution is -0.149. The van der Waals surface area contributed by atoms with Gasteiger partial charge >= 0.3 is 5.97 Å². The maximum Gasteiger partial charge on any atom is 0.333 e. The molecule has 1 N–H and O–H groups in total. The van der Waals surface area contributed by atoms with Gasteiger partial charge in [-0.25, -0.2) is 4.79 Å². The summed E-state index contributed by atoms with van der Waals surface area (Å²) in [5, 5.41) is 9.28. The number of carboxylic acids is 1. The fourth-order valence-corrected chi connectivity index (χ4v) is 4.59.